The minimum absolute atomic E-state index is 0.236. The number of nitrogens with zero attached hydrogens (tertiary/aromatic N) is 1. The van der Waals surface area contributed by atoms with Gasteiger partial charge in [0.2, 0.25) is 0 Å². The molecule has 0 spiro atoms. The van der Waals surface area contributed by atoms with Crippen molar-refractivity contribution >= 4 is 11.7 Å². The topological polar surface area (TPSA) is 49.8 Å². The largest absolute Gasteiger partial charge is 0.497 e. The van der Waals surface area contributed by atoms with E-state index in [0.29, 0.717) is 24.5 Å². The molecule has 0 atom stereocenters. The molecule has 0 heterocycles. The molecule has 0 amide bonds. The van der Waals surface area contributed by atoms with Crippen molar-refractivity contribution in [3.63, 3.8) is 0 Å². The molecule has 0 bridgehead atoms. The Morgan fingerprint density at radius 1 is 1.39 bits per heavy atom. The van der Waals surface area contributed by atoms with E-state index in [4.69, 9.17) is 4.74 Å². The zero-order valence-corrected chi connectivity index (χ0v) is 10.4. The monoisotopic (exact) mass is 247 g/mol. The minimum Gasteiger partial charge on any atom is -0.497 e. The van der Waals surface area contributed by atoms with Crippen LogP contribution in [0.3, 0.4) is 0 Å². The van der Waals surface area contributed by atoms with Gasteiger partial charge in [-0.2, -0.15) is 0 Å². The van der Waals surface area contributed by atoms with Gasteiger partial charge in [-0.05, 0) is 12.1 Å². The van der Waals surface area contributed by atoms with Gasteiger partial charge in [-0.1, -0.05) is 12.2 Å². The Bertz CT molecular complexity index is 444. The molecule has 4 nitrogen and oxygen atoms in total. The number of carboxylic acids is 1. The van der Waals surface area contributed by atoms with Crippen LogP contribution in [0.1, 0.15) is 10.4 Å². The van der Waals surface area contributed by atoms with Gasteiger partial charge in [0.15, 0.2) is 0 Å². The van der Waals surface area contributed by atoms with E-state index < -0.39 is 5.97 Å². The maximum atomic E-state index is 11.2. The lowest BCUT2D eigenvalue weighted by atomic mass is 10.1. The maximum absolute atomic E-state index is 11.2. The summed E-state index contributed by atoms with van der Waals surface area (Å²) < 4.78 is 5.12. The molecular formula is C14H17NO3. The minimum atomic E-state index is -0.967. The van der Waals surface area contributed by atoms with E-state index in [-0.39, 0.29) is 5.56 Å². The second kappa shape index (κ2) is 6.49. The number of carboxylic acid groups (broad SMARTS) is 1. The summed E-state index contributed by atoms with van der Waals surface area (Å²) in [5.41, 5.74) is 0.834. The summed E-state index contributed by atoms with van der Waals surface area (Å²) in [5.74, 6) is -0.348. The summed E-state index contributed by atoms with van der Waals surface area (Å²) in [6, 6.07) is 4.87. The summed E-state index contributed by atoms with van der Waals surface area (Å²) in [4.78, 5) is 13.1. The standard InChI is InChI=1S/C14H17NO3/c1-4-8-15(9-5-2)13-10-11(18-3)6-7-12(13)14(16)17/h4-7,10H,1-2,8-9H2,3H3,(H,16,17). The van der Waals surface area contributed by atoms with E-state index >= 15 is 0 Å². The fraction of sp³-hybridized carbons (Fsp3) is 0.214. The lowest BCUT2D eigenvalue weighted by molar-refractivity contribution is 0.0697. The van der Waals surface area contributed by atoms with Gasteiger partial charge in [0.1, 0.15) is 5.75 Å². The maximum Gasteiger partial charge on any atom is 0.337 e. The molecular weight excluding hydrogens is 230 g/mol. The summed E-state index contributed by atoms with van der Waals surface area (Å²) in [5, 5.41) is 9.20. The number of hydrogen-bond donors (Lipinski definition) is 1. The number of hydrogen-bond acceptors (Lipinski definition) is 3. The van der Waals surface area contributed by atoms with Crippen molar-refractivity contribution in [1.29, 1.82) is 0 Å². The van der Waals surface area contributed by atoms with Crippen LogP contribution in [0.15, 0.2) is 43.5 Å². The van der Waals surface area contributed by atoms with Crippen molar-refractivity contribution < 1.29 is 14.6 Å². The quantitative estimate of drug-likeness (QED) is 0.752. The third-order valence-electron chi connectivity index (χ3n) is 2.47. The Balaban J connectivity index is 3.26. The molecule has 0 radical (unpaired) electrons. The van der Waals surface area contributed by atoms with Gasteiger partial charge in [0.25, 0.3) is 0 Å². The molecule has 1 aromatic rings. The van der Waals surface area contributed by atoms with Crippen LogP contribution in [0.25, 0.3) is 0 Å². The van der Waals surface area contributed by atoms with Crippen LogP contribution in [0.2, 0.25) is 0 Å². The average molecular weight is 247 g/mol. The second-order valence-corrected chi connectivity index (χ2v) is 3.67. The van der Waals surface area contributed by atoms with Crippen LogP contribution < -0.4 is 9.64 Å². The zero-order chi connectivity index (χ0) is 13.5. The van der Waals surface area contributed by atoms with Gasteiger partial charge < -0.3 is 14.7 Å². The number of rotatable bonds is 7. The molecule has 1 aromatic carbocycles. The van der Waals surface area contributed by atoms with E-state index in [0.717, 1.165) is 0 Å². The Labute approximate surface area is 107 Å². The first-order valence-corrected chi connectivity index (χ1v) is 5.52. The van der Waals surface area contributed by atoms with Crippen LogP contribution in [-0.2, 0) is 0 Å². The van der Waals surface area contributed by atoms with E-state index in [1.54, 1.807) is 31.4 Å². The van der Waals surface area contributed by atoms with E-state index in [1.807, 2.05) is 4.90 Å². The Hall–Kier alpha value is -2.23. The number of carbonyl (C=O) groups is 1. The Morgan fingerprint density at radius 3 is 2.44 bits per heavy atom. The van der Waals surface area contributed by atoms with Crippen molar-refractivity contribution in [2.24, 2.45) is 0 Å². The van der Waals surface area contributed by atoms with Gasteiger partial charge in [0, 0.05) is 19.2 Å². The zero-order valence-electron chi connectivity index (χ0n) is 10.4. The number of anilines is 1. The molecule has 0 aliphatic heterocycles. The highest BCUT2D eigenvalue weighted by molar-refractivity contribution is 5.95. The van der Waals surface area contributed by atoms with Gasteiger partial charge in [-0.15, -0.1) is 13.2 Å². The van der Waals surface area contributed by atoms with Crippen LogP contribution in [0.5, 0.6) is 5.75 Å². The van der Waals surface area contributed by atoms with Crippen molar-refractivity contribution in [2.45, 2.75) is 0 Å². The molecule has 0 fully saturated rings. The first kappa shape index (κ1) is 13.8. The summed E-state index contributed by atoms with van der Waals surface area (Å²) in [7, 11) is 1.55. The number of methoxy groups -OCH3 is 1. The molecule has 0 aliphatic rings. The van der Waals surface area contributed by atoms with Crippen molar-refractivity contribution in [1.82, 2.24) is 0 Å². The first-order chi connectivity index (χ1) is 8.63. The molecule has 1 N–H and O–H groups in total. The number of ether oxygens (including phenoxy) is 1. The molecule has 0 saturated carbocycles. The van der Waals surface area contributed by atoms with Gasteiger partial charge in [0.05, 0.1) is 18.4 Å². The van der Waals surface area contributed by atoms with Crippen LogP contribution in [0.4, 0.5) is 5.69 Å². The van der Waals surface area contributed by atoms with Crippen LogP contribution >= 0.6 is 0 Å². The Morgan fingerprint density at radius 2 is 2.00 bits per heavy atom. The van der Waals surface area contributed by atoms with Crippen molar-refractivity contribution in [2.75, 3.05) is 25.1 Å². The van der Waals surface area contributed by atoms with Crippen molar-refractivity contribution in [3.05, 3.63) is 49.1 Å². The number of aromatic carboxylic acids is 1. The molecule has 1 rings (SSSR count). The predicted octanol–water partition coefficient (Wildman–Crippen LogP) is 2.57. The molecule has 4 heteroatoms. The first-order valence-electron chi connectivity index (χ1n) is 5.52. The average Bonchev–Trinajstić information content (AvgIpc) is 2.37. The van der Waals surface area contributed by atoms with E-state index in [1.165, 1.54) is 6.07 Å². The number of benzene rings is 1. The Kier molecular flexibility index (Phi) is 4.99. The highest BCUT2D eigenvalue weighted by Gasteiger charge is 2.15. The van der Waals surface area contributed by atoms with Crippen LogP contribution in [-0.4, -0.2) is 31.3 Å². The highest BCUT2D eigenvalue weighted by atomic mass is 16.5. The lowest BCUT2D eigenvalue weighted by Gasteiger charge is -2.23. The molecule has 0 saturated heterocycles. The third-order valence-corrected chi connectivity index (χ3v) is 2.47. The smallest absolute Gasteiger partial charge is 0.337 e. The lowest BCUT2D eigenvalue weighted by Crippen LogP contribution is -2.25. The molecule has 0 aromatic heterocycles. The SMILES string of the molecule is C=CCN(CC=C)c1cc(OC)ccc1C(=O)O. The summed E-state index contributed by atoms with van der Waals surface area (Å²) in [6.07, 6.45) is 3.43. The molecule has 18 heavy (non-hydrogen) atoms. The fourth-order valence-electron chi connectivity index (χ4n) is 1.66. The molecule has 96 valence electrons. The highest BCUT2D eigenvalue weighted by Crippen LogP contribution is 2.26. The van der Waals surface area contributed by atoms with E-state index in [2.05, 4.69) is 13.2 Å². The normalized spacial score (nSPS) is 9.61. The van der Waals surface area contributed by atoms with Gasteiger partial charge in [-0.25, -0.2) is 4.79 Å². The van der Waals surface area contributed by atoms with Crippen LogP contribution in [0, 0.1) is 0 Å². The van der Waals surface area contributed by atoms with Gasteiger partial charge in [-0.3, -0.25) is 0 Å². The van der Waals surface area contributed by atoms with Gasteiger partial charge >= 0.3 is 5.97 Å². The second-order valence-electron chi connectivity index (χ2n) is 3.67. The fourth-order valence-corrected chi connectivity index (χ4v) is 1.66. The summed E-state index contributed by atoms with van der Waals surface area (Å²) >= 11 is 0. The molecule has 0 unspecified atom stereocenters. The van der Waals surface area contributed by atoms with Crippen molar-refractivity contribution in [3.8, 4) is 5.75 Å². The molecule has 0 aliphatic carbocycles. The summed E-state index contributed by atoms with van der Waals surface area (Å²) in [6.45, 7) is 8.42. The third kappa shape index (κ3) is 3.13. The predicted molar refractivity (Wildman–Crippen MR) is 72.6 cm³/mol. The van der Waals surface area contributed by atoms with E-state index in [9.17, 15) is 9.90 Å².